The van der Waals surface area contributed by atoms with Gasteiger partial charge in [0.1, 0.15) is 5.75 Å². The van der Waals surface area contributed by atoms with E-state index in [1.165, 1.54) is 5.56 Å². The van der Waals surface area contributed by atoms with E-state index in [1.807, 2.05) is 48.7 Å². The molecule has 2 aromatic heterocycles. The molecule has 1 aromatic carbocycles. The van der Waals surface area contributed by atoms with Crippen LogP contribution in [0.1, 0.15) is 46.2 Å². The highest BCUT2D eigenvalue weighted by molar-refractivity contribution is 5.97. The van der Waals surface area contributed by atoms with E-state index in [-0.39, 0.29) is 17.9 Å². The molecule has 1 aliphatic heterocycles. The zero-order valence-electron chi connectivity index (χ0n) is 18.7. The number of methoxy groups -OCH3 is 1. The summed E-state index contributed by atoms with van der Waals surface area (Å²) in [4.78, 5) is 24.8. The Kier molecular flexibility index (Phi) is 7.12. The lowest BCUT2D eigenvalue weighted by Gasteiger charge is -2.37. The quantitative estimate of drug-likeness (QED) is 0.609. The van der Waals surface area contributed by atoms with Gasteiger partial charge in [-0.25, -0.2) is 0 Å². The van der Waals surface area contributed by atoms with Crippen molar-refractivity contribution in [2.75, 3.05) is 20.2 Å². The van der Waals surface area contributed by atoms with Crippen LogP contribution in [0.5, 0.6) is 5.75 Å². The number of hydrogen-bond acceptors (Lipinski definition) is 5. The van der Waals surface area contributed by atoms with Crippen LogP contribution in [0.2, 0.25) is 0 Å². The molecule has 0 spiro atoms. The molecule has 4 rings (SSSR count). The van der Waals surface area contributed by atoms with Crippen LogP contribution in [0.4, 0.5) is 0 Å². The number of aryl methyl sites for hydroxylation is 1. The summed E-state index contributed by atoms with van der Waals surface area (Å²) in [5, 5.41) is 3.27. The molecule has 2 atom stereocenters. The summed E-state index contributed by atoms with van der Waals surface area (Å²) in [5.41, 5.74) is 3.74. The third-order valence-corrected chi connectivity index (χ3v) is 6.15. The molecule has 0 unspecified atom stereocenters. The Morgan fingerprint density at radius 1 is 1.12 bits per heavy atom. The molecule has 3 heterocycles. The van der Waals surface area contributed by atoms with Crippen LogP contribution in [-0.2, 0) is 6.54 Å². The lowest BCUT2D eigenvalue weighted by molar-refractivity contribution is 0.0871. The Morgan fingerprint density at radius 2 is 1.94 bits per heavy atom. The molecule has 0 bridgehead atoms. The molecule has 1 aliphatic rings. The number of pyridine rings is 2. The Balaban J connectivity index is 1.55. The number of nitrogens with zero attached hydrogens (tertiary/aromatic N) is 3. The van der Waals surface area contributed by atoms with E-state index in [0.717, 1.165) is 43.9 Å². The second-order valence-electron chi connectivity index (χ2n) is 8.31. The van der Waals surface area contributed by atoms with Crippen molar-refractivity contribution >= 4 is 5.91 Å². The van der Waals surface area contributed by atoms with Crippen molar-refractivity contribution in [1.82, 2.24) is 20.2 Å². The van der Waals surface area contributed by atoms with Gasteiger partial charge in [0.2, 0.25) is 0 Å². The molecular formula is C26H30N4O2. The molecule has 6 heteroatoms. The number of para-hydroxylation sites is 1. The standard InChI is InChI=1S/C26H30N4O2/c1-19-9-7-15-28-23(19)18-30-16-8-10-20(17-30)25(22-12-5-6-14-27-22)29-26(31)21-11-3-4-13-24(21)32-2/h3-7,9,11-15,20,25H,8,10,16-18H2,1-2H3,(H,29,31)/t20-,25-/m1/s1. The number of piperidine rings is 1. The van der Waals surface area contributed by atoms with Gasteiger partial charge in [-0.05, 0) is 68.1 Å². The maximum absolute atomic E-state index is 13.2. The second kappa shape index (κ2) is 10.4. The maximum Gasteiger partial charge on any atom is 0.255 e. The number of carbonyl (C=O) groups is 1. The van der Waals surface area contributed by atoms with Crippen LogP contribution in [0.3, 0.4) is 0 Å². The largest absolute Gasteiger partial charge is 0.496 e. The minimum absolute atomic E-state index is 0.143. The van der Waals surface area contributed by atoms with E-state index in [2.05, 4.69) is 33.2 Å². The fraction of sp³-hybridized carbons (Fsp3) is 0.346. The highest BCUT2D eigenvalue weighted by Crippen LogP contribution is 2.30. The number of likely N-dealkylation sites (tertiary alicyclic amines) is 1. The van der Waals surface area contributed by atoms with Crippen LogP contribution in [0, 0.1) is 12.8 Å². The van der Waals surface area contributed by atoms with Gasteiger partial charge >= 0.3 is 0 Å². The number of benzene rings is 1. The first-order chi connectivity index (χ1) is 15.7. The number of rotatable bonds is 7. The minimum Gasteiger partial charge on any atom is -0.496 e. The molecular weight excluding hydrogens is 400 g/mol. The summed E-state index contributed by atoms with van der Waals surface area (Å²) < 4.78 is 5.40. The number of ether oxygens (including phenoxy) is 1. The summed E-state index contributed by atoms with van der Waals surface area (Å²) in [6, 6.07) is 17.1. The smallest absolute Gasteiger partial charge is 0.255 e. The van der Waals surface area contributed by atoms with Crippen LogP contribution >= 0.6 is 0 Å². The molecule has 6 nitrogen and oxygen atoms in total. The third kappa shape index (κ3) is 5.14. The normalized spacial score (nSPS) is 17.5. The fourth-order valence-corrected chi connectivity index (χ4v) is 4.45. The number of amides is 1. The molecule has 32 heavy (non-hydrogen) atoms. The summed E-state index contributed by atoms with van der Waals surface area (Å²) in [7, 11) is 1.58. The van der Waals surface area contributed by atoms with Crippen molar-refractivity contribution in [3.63, 3.8) is 0 Å². The molecule has 0 saturated carbocycles. The zero-order valence-corrected chi connectivity index (χ0v) is 18.7. The highest BCUT2D eigenvalue weighted by atomic mass is 16.5. The van der Waals surface area contributed by atoms with Gasteiger partial charge in [-0.1, -0.05) is 24.3 Å². The highest BCUT2D eigenvalue weighted by Gasteiger charge is 2.31. The maximum atomic E-state index is 13.2. The van der Waals surface area contributed by atoms with Crippen LogP contribution in [0.25, 0.3) is 0 Å². The van der Waals surface area contributed by atoms with Crippen molar-refractivity contribution in [3.05, 3.63) is 89.5 Å². The van der Waals surface area contributed by atoms with Gasteiger partial charge in [0, 0.05) is 25.5 Å². The topological polar surface area (TPSA) is 67.3 Å². The minimum atomic E-state index is -0.179. The van der Waals surface area contributed by atoms with Crippen LogP contribution < -0.4 is 10.1 Å². The molecule has 1 N–H and O–H groups in total. The van der Waals surface area contributed by atoms with E-state index in [1.54, 1.807) is 19.4 Å². The summed E-state index contributed by atoms with van der Waals surface area (Å²) >= 11 is 0. The monoisotopic (exact) mass is 430 g/mol. The third-order valence-electron chi connectivity index (χ3n) is 6.15. The lowest BCUT2D eigenvalue weighted by atomic mass is 9.88. The van der Waals surface area contributed by atoms with Crippen molar-refractivity contribution in [2.45, 2.75) is 32.4 Å². The Morgan fingerprint density at radius 3 is 2.72 bits per heavy atom. The Hall–Kier alpha value is -3.25. The first kappa shape index (κ1) is 22.0. The fourth-order valence-electron chi connectivity index (χ4n) is 4.45. The van der Waals surface area contributed by atoms with Crippen molar-refractivity contribution in [1.29, 1.82) is 0 Å². The first-order valence-electron chi connectivity index (χ1n) is 11.1. The van der Waals surface area contributed by atoms with Gasteiger partial charge < -0.3 is 10.1 Å². The molecule has 3 aromatic rings. The predicted octanol–water partition coefficient (Wildman–Crippen LogP) is 4.18. The van der Waals surface area contributed by atoms with Gasteiger partial charge in [0.15, 0.2) is 0 Å². The van der Waals surface area contributed by atoms with Gasteiger partial charge in [-0.3, -0.25) is 19.7 Å². The predicted molar refractivity (Wildman–Crippen MR) is 124 cm³/mol. The number of aromatic nitrogens is 2. The van der Waals surface area contributed by atoms with Crippen LogP contribution in [0.15, 0.2) is 67.0 Å². The summed E-state index contributed by atoms with van der Waals surface area (Å²) in [5.74, 6) is 0.679. The van der Waals surface area contributed by atoms with Crippen molar-refractivity contribution in [2.24, 2.45) is 5.92 Å². The van der Waals surface area contributed by atoms with Gasteiger partial charge in [0.25, 0.3) is 5.91 Å². The molecule has 0 radical (unpaired) electrons. The molecule has 1 fully saturated rings. The number of hydrogen-bond donors (Lipinski definition) is 1. The Labute approximate surface area is 189 Å². The van der Waals surface area contributed by atoms with Gasteiger partial charge in [-0.15, -0.1) is 0 Å². The van der Waals surface area contributed by atoms with E-state index < -0.39 is 0 Å². The second-order valence-corrected chi connectivity index (χ2v) is 8.31. The van der Waals surface area contributed by atoms with E-state index >= 15 is 0 Å². The van der Waals surface area contributed by atoms with Gasteiger partial charge in [-0.2, -0.15) is 0 Å². The van der Waals surface area contributed by atoms with Crippen LogP contribution in [-0.4, -0.2) is 41.0 Å². The SMILES string of the molecule is COc1ccccc1C(=O)N[C@@H](c1ccccn1)[C@@H]1CCCN(Cc2ncccc2C)C1. The average molecular weight is 431 g/mol. The number of carbonyl (C=O) groups excluding carboxylic acids is 1. The average Bonchev–Trinajstić information content (AvgIpc) is 2.84. The lowest BCUT2D eigenvalue weighted by Crippen LogP contribution is -2.43. The molecule has 1 saturated heterocycles. The molecule has 1 amide bonds. The number of nitrogens with one attached hydrogen (secondary N) is 1. The van der Waals surface area contributed by atoms with Gasteiger partial charge in [0.05, 0.1) is 30.1 Å². The zero-order chi connectivity index (χ0) is 22.3. The molecule has 166 valence electrons. The molecule has 0 aliphatic carbocycles. The van der Waals surface area contributed by atoms with Crippen molar-refractivity contribution < 1.29 is 9.53 Å². The summed E-state index contributed by atoms with van der Waals surface area (Å²) in [6.45, 7) is 4.83. The van der Waals surface area contributed by atoms with E-state index in [4.69, 9.17) is 4.74 Å². The van der Waals surface area contributed by atoms with Crippen molar-refractivity contribution in [3.8, 4) is 5.75 Å². The Bertz CT molecular complexity index is 1040. The summed E-state index contributed by atoms with van der Waals surface area (Å²) in [6.07, 6.45) is 5.75. The van der Waals surface area contributed by atoms with E-state index in [0.29, 0.717) is 11.3 Å². The first-order valence-corrected chi connectivity index (χ1v) is 11.1. The van der Waals surface area contributed by atoms with E-state index in [9.17, 15) is 4.79 Å².